The second-order valence-electron chi connectivity index (χ2n) is 5.12. The fourth-order valence-electron chi connectivity index (χ4n) is 2.48. The van der Waals surface area contributed by atoms with Gasteiger partial charge >= 0.3 is 0 Å². The molecule has 1 aliphatic rings. The van der Waals surface area contributed by atoms with E-state index in [-0.39, 0.29) is 4.90 Å². The molecule has 0 saturated carbocycles. The number of benzene rings is 1. The first-order valence-electron chi connectivity index (χ1n) is 6.83. The fourth-order valence-corrected chi connectivity index (χ4v) is 3.37. The maximum Gasteiger partial charge on any atom is 0.179 e. The van der Waals surface area contributed by atoms with E-state index >= 15 is 0 Å². The highest BCUT2D eigenvalue weighted by molar-refractivity contribution is 7.90. The van der Waals surface area contributed by atoms with Gasteiger partial charge in [0.05, 0.1) is 14.2 Å². The standard InChI is InChI=1S/C14H22N2O4S/c1-19-12-8-11(10-16-6-4-15-5-7-16)14(20-2)13(9-12)21(3,17)18/h8-9,15H,4-7,10H2,1-3H3. The van der Waals surface area contributed by atoms with Crippen LogP contribution in [0.2, 0.25) is 0 Å². The highest BCUT2D eigenvalue weighted by Crippen LogP contribution is 2.33. The van der Waals surface area contributed by atoms with Crippen molar-refractivity contribution in [1.82, 2.24) is 10.2 Å². The second kappa shape index (κ2) is 6.64. The van der Waals surface area contributed by atoms with Crippen molar-refractivity contribution in [2.45, 2.75) is 11.4 Å². The Hall–Kier alpha value is -1.31. The summed E-state index contributed by atoms with van der Waals surface area (Å²) >= 11 is 0. The van der Waals surface area contributed by atoms with Crippen molar-refractivity contribution in [2.24, 2.45) is 0 Å². The SMILES string of the molecule is COc1cc(CN2CCNCC2)c(OC)c(S(C)(=O)=O)c1. The smallest absolute Gasteiger partial charge is 0.179 e. The molecule has 0 radical (unpaired) electrons. The first kappa shape index (κ1) is 16.1. The maximum atomic E-state index is 12.0. The molecule has 0 unspecified atom stereocenters. The molecule has 118 valence electrons. The molecule has 7 heteroatoms. The van der Waals surface area contributed by atoms with Crippen LogP contribution in [0.5, 0.6) is 11.5 Å². The van der Waals surface area contributed by atoms with Crippen LogP contribution in [0.1, 0.15) is 5.56 Å². The average molecular weight is 314 g/mol. The number of hydrogen-bond donors (Lipinski definition) is 1. The third-order valence-corrected chi connectivity index (χ3v) is 4.65. The van der Waals surface area contributed by atoms with E-state index in [9.17, 15) is 8.42 Å². The lowest BCUT2D eigenvalue weighted by atomic mass is 10.1. The molecule has 21 heavy (non-hydrogen) atoms. The molecule has 0 aromatic heterocycles. The van der Waals surface area contributed by atoms with Crippen LogP contribution in [0.15, 0.2) is 17.0 Å². The zero-order valence-corrected chi connectivity index (χ0v) is 13.5. The van der Waals surface area contributed by atoms with Gasteiger partial charge in [0.15, 0.2) is 9.84 Å². The summed E-state index contributed by atoms with van der Waals surface area (Å²) in [5, 5.41) is 3.29. The molecule has 2 rings (SSSR count). The van der Waals surface area contributed by atoms with Crippen LogP contribution in [0.3, 0.4) is 0 Å². The van der Waals surface area contributed by atoms with Crippen molar-refractivity contribution in [3.05, 3.63) is 17.7 Å². The van der Waals surface area contributed by atoms with E-state index in [1.54, 1.807) is 0 Å². The Morgan fingerprint density at radius 2 is 1.86 bits per heavy atom. The monoisotopic (exact) mass is 314 g/mol. The van der Waals surface area contributed by atoms with E-state index in [4.69, 9.17) is 9.47 Å². The number of piperazine rings is 1. The predicted octanol–water partition coefficient (Wildman–Crippen LogP) is 0.513. The van der Waals surface area contributed by atoms with Crippen molar-refractivity contribution < 1.29 is 17.9 Å². The van der Waals surface area contributed by atoms with Gasteiger partial charge in [0, 0.05) is 50.6 Å². The van der Waals surface area contributed by atoms with Gasteiger partial charge in [-0.25, -0.2) is 8.42 Å². The largest absolute Gasteiger partial charge is 0.497 e. The Bertz CT molecular complexity index is 595. The topological polar surface area (TPSA) is 67.9 Å². The van der Waals surface area contributed by atoms with Crippen molar-refractivity contribution in [3.8, 4) is 11.5 Å². The van der Waals surface area contributed by atoms with E-state index in [1.165, 1.54) is 26.5 Å². The Morgan fingerprint density at radius 3 is 2.38 bits per heavy atom. The van der Waals surface area contributed by atoms with Gasteiger partial charge < -0.3 is 14.8 Å². The number of rotatable bonds is 5. The van der Waals surface area contributed by atoms with Gasteiger partial charge in [-0.2, -0.15) is 0 Å². The number of sulfone groups is 1. The summed E-state index contributed by atoms with van der Waals surface area (Å²) in [6.45, 7) is 4.37. The van der Waals surface area contributed by atoms with Gasteiger partial charge in [-0.3, -0.25) is 4.90 Å². The Balaban J connectivity index is 2.42. The van der Waals surface area contributed by atoms with Gasteiger partial charge in [-0.15, -0.1) is 0 Å². The van der Waals surface area contributed by atoms with Crippen molar-refractivity contribution in [3.63, 3.8) is 0 Å². The number of ether oxygens (including phenoxy) is 2. The van der Waals surface area contributed by atoms with E-state index in [2.05, 4.69) is 10.2 Å². The molecule has 0 atom stereocenters. The molecule has 6 nitrogen and oxygen atoms in total. The van der Waals surface area contributed by atoms with Crippen LogP contribution in [-0.4, -0.2) is 60.0 Å². The van der Waals surface area contributed by atoms with Crippen LogP contribution < -0.4 is 14.8 Å². The van der Waals surface area contributed by atoms with Crippen molar-refractivity contribution in [2.75, 3.05) is 46.7 Å². The molecule has 0 bridgehead atoms. The molecule has 1 aromatic carbocycles. The summed E-state index contributed by atoms with van der Waals surface area (Å²) < 4.78 is 34.5. The van der Waals surface area contributed by atoms with Gasteiger partial charge in [0.1, 0.15) is 16.4 Å². The molecule has 1 saturated heterocycles. The van der Waals surface area contributed by atoms with Crippen LogP contribution in [-0.2, 0) is 16.4 Å². The Morgan fingerprint density at radius 1 is 1.19 bits per heavy atom. The lowest BCUT2D eigenvalue weighted by molar-refractivity contribution is 0.229. The number of hydrogen-bond acceptors (Lipinski definition) is 6. The normalized spacial score (nSPS) is 16.7. The van der Waals surface area contributed by atoms with Gasteiger partial charge in [0.2, 0.25) is 0 Å². The third kappa shape index (κ3) is 3.87. The van der Waals surface area contributed by atoms with E-state index in [0.29, 0.717) is 18.0 Å². The average Bonchev–Trinajstić information content (AvgIpc) is 2.46. The predicted molar refractivity (Wildman–Crippen MR) is 80.8 cm³/mol. The first-order chi connectivity index (χ1) is 9.95. The minimum Gasteiger partial charge on any atom is -0.497 e. The van der Waals surface area contributed by atoms with E-state index in [1.807, 2.05) is 6.07 Å². The molecule has 1 aliphatic heterocycles. The fraction of sp³-hybridized carbons (Fsp3) is 0.571. The minimum atomic E-state index is -3.38. The molecule has 0 aliphatic carbocycles. The Kier molecular flexibility index (Phi) is 5.08. The molecule has 1 aromatic rings. The number of nitrogens with one attached hydrogen (secondary N) is 1. The molecule has 1 heterocycles. The molecule has 1 fully saturated rings. The highest BCUT2D eigenvalue weighted by atomic mass is 32.2. The van der Waals surface area contributed by atoms with Crippen LogP contribution in [0, 0.1) is 0 Å². The van der Waals surface area contributed by atoms with Crippen molar-refractivity contribution >= 4 is 9.84 Å². The highest BCUT2D eigenvalue weighted by Gasteiger charge is 2.21. The summed E-state index contributed by atoms with van der Waals surface area (Å²) in [6.07, 6.45) is 1.18. The van der Waals surface area contributed by atoms with Crippen LogP contribution in [0.25, 0.3) is 0 Å². The summed E-state index contributed by atoms with van der Waals surface area (Å²) in [5.74, 6) is 0.943. The van der Waals surface area contributed by atoms with E-state index < -0.39 is 9.84 Å². The molecular formula is C14H22N2O4S. The quantitative estimate of drug-likeness (QED) is 0.854. The molecule has 0 spiro atoms. The lowest BCUT2D eigenvalue weighted by Gasteiger charge is -2.28. The summed E-state index contributed by atoms with van der Waals surface area (Å²) in [7, 11) is -0.349. The van der Waals surface area contributed by atoms with Gasteiger partial charge in [0.25, 0.3) is 0 Å². The molecule has 1 N–H and O–H groups in total. The van der Waals surface area contributed by atoms with Gasteiger partial charge in [-0.1, -0.05) is 0 Å². The summed E-state index contributed by atoms with van der Waals surface area (Å²) in [5.41, 5.74) is 0.833. The van der Waals surface area contributed by atoms with Crippen LogP contribution in [0.4, 0.5) is 0 Å². The first-order valence-corrected chi connectivity index (χ1v) is 8.73. The zero-order chi connectivity index (χ0) is 15.5. The van der Waals surface area contributed by atoms with Gasteiger partial charge in [-0.05, 0) is 6.07 Å². The molecular weight excluding hydrogens is 292 g/mol. The summed E-state index contributed by atoms with van der Waals surface area (Å²) in [4.78, 5) is 2.44. The lowest BCUT2D eigenvalue weighted by Crippen LogP contribution is -2.42. The second-order valence-corrected chi connectivity index (χ2v) is 7.10. The Labute approximate surface area is 126 Å². The number of nitrogens with zero attached hydrogens (tertiary/aromatic N) is 1. The van der Waals surface area contributed by atoms with Crippen molar-refractivity contribution in [1.29, 1.82) is 0 Å². The third-order valence-electron chi connectivity index (χ3n) is 3.55. The summed E-state index contributed by atoms with van der Waals surface area (Å²) in [6, 6.07) is 3.35. The zero-order valence-electron chi connectivity index (χ0n) is 12.7. The van der Waals surface area contributed by atoms with Crippen LogP contribution >= 0.6 is 0 Å². The van der Waals surface area contributed by atoms with E-state index in [0.717, 1.165) is 31.7 Å². The number of methoxy groups -OCH3 is 2. The maximum absolute atomic E-state index is 12.0. The molecule has 0 amide bonds. The minimum absolute atomic E-state index is 0.175.